The molecule has 5 N–H and O–H groups in total. The Labute approximate surface area is 309 Å². The molecule has 1 saturated carbocycles. The summed E-state index contributed by atoms with van der Waals surface area (Å²) < 4.78 is 26.8. The average molecular weight is 728 g/mol. The van der Waals surface area contributed by atoms with Crippen LogP contribution in [0.3, 0.4) is 0 Å². The molecule has 0 saturated heterocycles. The number of pyridine rings is 2. The van der Waals surface area contributed by atoms with E-state index in [-0.39, 0.29) is 22.6 Å². The van der Waals surface area contributed by atoms with E-state index in [0.29, 0.717) is 40.0 Å². The van der Waals surface area contributed by atoms with Crippen molar-refractivity contribution in [1.82, 2.24) is 15.3 Å². The predicted molar refractivity (Wildman–Crippen MR) is 203 cm³/mol. The number of carbonyl (C=O) groups is 3. The van der Waals surface area contributed by atoms with Crippen molar-refractivity contribution in [2.75, 3.05) is 10.6 Å². The quantitative estimate of drug-likeness (QED) is 0.0930. The normalized spacial score (nSPS) is 11.9. The number of carbonyl (C=O) groups excluding carboxylic acids is 1. The van der Waals surface area contributed by atoms with E-state index in [1.807, 2.05) is 50.2 Å². The first-order valence-electron chi connectivity index (χ1n) is 16.9. The Bertz CT molecular complexity index is 2350. The van der Waals surface area contributed by atoms with E-state index < -0.39 is 23.6 Å². The van der Waals surface area contributed by atoms with Gasteiger partial charge in [0.2, 0.25) is 0 Å². The van der Waals surface area contributed by atoms with E-state index in [1.54, 1.807) is 54.7 Å². The summed E-state index contributed by atoms with van der Waals surface area (Å²) in [4.78, 5) is 43.7. The van der Waals surface area contributed by atoms with Crippen LogP contribution in [0.4, 0.5) is 31.5 Å². The number of amides is 1. The number of carboxylic acid groups (broad SMARTS) is 2. The zero-order valence-electron chi connectivity index (χ0n) is 29.2. The highest BCUT2D eigenvalue weighted by Crippen LogP contribution is 2.27. The minimum atomic E-state index is -1.04. The van der Waals surface area contributed by atoms with E-state index in [1.165, 1.54) is 12.3 Å². The number of carboxylic acids is 2. The maximum atomic E-state index is 13.8. The second-order valence-electron chi connectivity index (χ2n) is 12.8. The SMILES string of the molecule is Cc1ccc(Nc2ccc(-c3ccc(F)cc3F)nc2)c(C(=O)O)c1.Cc1ccc(Nc2ccc(-c3cccc(C(=O)NC4CC4)c3)nc2)c(C(=O)O)c1. The van der Waals surface area contributed by atoms with E-state index >= 15 is 0 Å². The molecular weight excluding hydrogens is 692 g/mol. The summed E-state index contributed by atoms with van der Waals surface area (Å²) in [7, 11) is 0. The lowest BCUT2D eigenvalue weighted by Gasteiger charge is -2.11. The molecule has 1 amide bonds. The Balaban J connectivity index is 0.000000186. The number of benzene rings is 4. The van der Waals surface area contributed by atoms with Gasteiger partial charge < -0.3 is 26.2 Å². The van der Waals surface area contributed by atoms with Crippen molar-refractivity contribution in [2.24, 2.45) is 0 Å². The number of aromatic carboxylic acids is 2. The molecule has 0 bridgehead atoms. The molecule has 1 aliphatic carbocycles. The number of aryl methyl sites for hydroxylation is 2. The first-order valence-corrected chi connectivity index (χ1v) is 16.9. The van der Waals surface area contributed by atoms with Gasteiger partial charge in [-0.15, -0.1) is 0 Å². The molecule has 272 valence electrons. The van der Waals surface area contributed by atoms with Gasteiger partial charge in [0.05, 0.1) is 57.7 Å². The second kappa shape index (κ2) is 16.2. The molecule has 12 heteroatoms. The Morgan fingerprint density at radius 3 is 1.74 bits per heavy atom. The van der Waals surface area contributed by atoms with Gasteiger partial charge in [-0.3, -0.25) is 14.8 Å². The van der Waals surface area contributed by atoms with Crippen LogP contribution in [-0.4, -0.2) is 44.1 Å². The molecule has 7 rings (SSSR count). The Morgan fingerprint density at radius 2 is 1.24 bits per heavy atom. The standard InChI is InChI=1S/C23H21N3O3.C19H14F2N2O2/c1-14-5-9-21(19(11-14)23(28)29)25-18-8-10-20(24-13-18)15-3-2-4-16(12-15)22(27)26-17-6-7-17;1-11-2-6-18(15(8-11)19(24)25)23-13-4-7-17(22-10-13)14-5-3-12(20)9-16(14)21/h2-5,8-13,17,25H,6-7H2,1H3,(H,26,27)(H,28,29);2-10,23H,1H3,(H,24,25). The van der Waals surface area contributed by atoms with Crippen LogP contribution in [0.15, 0.2) is 116 Å². The highest BCUT2D eigenvalue weighted by Gasteiger charge is 2.24. The molecule has 1 fully saturated rings. The van der Waals surface area contributed by atoms with Crippen LogP contribution in [0, 0.1) is 25.5 Å². The largest absolute Gasteiger partial charge is 0.478 e. The fraction of sp³-hybridized carbons (Fsp3) is 0.119. The third-order valence-electron chi connectivity index (χ3n) is 8.44. The van der Waals surface area contributed by atoms with E-state index in [2.05, 4.69) is 25.9 Å². The zero-order chi connectivity index (χ0) is 38.4. The van der Waals surface area contributed by atoms with Crippen LogP contribution < -0.4 is 16.0 Å². The van der Waals surface area contributed by atoms with Crippen molar-refractivity contribution in [2.45, 2.75) is 32.7 Å². The molecule has 0 aliphatic heterocycles. The van der Waals surface area contributed by atoms with Gasteiger partial charge in [-0.2, -0.15) is 0 Å². The van der Waals surface area contributed by atoms with Crippen molar-refractivity contribution < 1.29 is 33.4 Å². The van der Waals surface area contributed by atoms with Crippen molar-refractivity contribution in [3.8, 4) is 22.5 Å². The van der Waals surface area contributed by atoms with Crippen LogP contribution in [0.5, 0.6) is 0 Å². The molecule has 2 heterocycles. The van der Waals surface area contributed by atoms with Crippen LogP contribution in [0.2, 0.25) is 0 Å². The van der Waals surface area contributed by atoms with Gasteiger partial charge >= 0.3 is 11.9 Å². The van der Waals surface area contributed by atoms with Gasteiger partial charge in [-0.05, 0) is 99.5 Å². The molecule has 6 aromatic rings. The van der Waals surface area contributed by atoms with Crippen molar-refractivity contribution in [3.05, 3.63) is 155 Å². The Kier molecular flexibility index (Phi) is 11.0. The molecule has 0 radical (unpaired) electrons. The third-order valence-corrected chi connectivity index (χ3v) is 8.44. The number of nitrogens with zero attached hydrogens (tertiary/aromatic N) is 2. The molecule has 0 unspecified atom stereocenters. The first-order chi connectivity index (χ1) is 25.9. The molecule has 2 aromatic heterocycles. The Hall–Kier alpha value is -6.95. The first kappa shape index (κ1) is 36.8. The number of anilines is 4. The lowest BCUT2D eigenvalue weighted by Crippen LogP contribution is -2.25. The van der Waals surface area contributed by atoms with Gasteiger partial charge in [0.25, 0.3) is 5.91 Å². The lowest BCUT2D eigenvalue weighted by atomic mass is 10.1. The average Bonchev–Trinajstić information content (AvgIpc) is 3.98. The van der Waals surface area contributed by atoms with Crippen LogP contribution in [0.25, 0.3) is 22.5 Å². The summed E-state index contributed by atoms with van der Waals surface area (Å²) in [5.74, 6) is -3.43. The van der Waals surface area contributed by atoms with E-state index in [9.17, 15) is 33.4 Å². The van der Waals surface area contributed by atoms with E-state index in [4.69, 9.17) is 0 Å². The maximum Gasteiger partial charge on any atom is 0.337 e. The molecular formula is C42H35F2N5O5. The molecule has 54 heavy (non-hydrogen) atoms. The number of nitrogens with one attached hydrogen (secondary N) is 3. The number of aromatic nitrogens is 2. The molecule has 10 nitrogen and oxygen atoms in total. The summed E-state index contributed by atoms with van der Waals surface area (Å²) in [6.07, 6.45) is 5.21. The highest BCUT2D eigenvalue weighted by molar-refractivity contribution is 5.97. The zero-order valence-corrected chi connectivity index (χ0v) is 29.2. The molecule has 0 spiro atoms. The minimum Gasteiger partial charge on any atom is -0.478 e. The maximum absolute atomic E-state index is 13.8. The fourth-order valence-corrected chi connectivity index (χ4v) is 5.48. The molecule has 1 aliphatic rings. The summed E-state index contributed by atoms with van der Waals surface area (Å²) >= 11 is 0. The fourth-order valence-electron chi connectivity index (χ4n) is 5.48. The van der Waals surface area contributed by atoms with Gasteiger partial charge in [0.1, 0.15) is 11.6 Å². The highest BCUT2D eigenvalue weighted by atomic mass is 19.1. The van der Waals surface area contributed by atoms with Gasteiger partial charge in [0.15, 0.2) is 0 Å². The van der Waals surface area contributed by atoms with Crippen molar-refractivity contribution in [1.29, 1.82) is 0 Å². The van der Waals surface area contributed by atoms with Crippen molar-refractivity contribution in [3.63, 3.8) is 0 Å². The van der Waals surface area contributed by atoms with Gasteiger partial charge in [-0.1, -0.05) is 35.4 Å². The topological polar surface area (TPSA) is 154 Å². The number of halogens is 2. The second-order valence-corrected chi connectivity index (χ2v) is 12.8. The third kappa shape index (κ3) is 9.28. The number of rotatable bonds is 10. The Morgan fingerprint density at radius 1 is 0.667 bits per heavy atom. The van der Waals surface area contributed by atoms with Gasteiger partial charge in [0, 0.05) is 28.8 Å². The number of hydrogen-bond acceptors (Lipinski definition) is 7. The van der Waals surface area contributed by atoms with Crippen LogP contribution >= 0.6 is 0 Å². The summed E-state index contributed by atoms with van der Waals surface area (Å²) in [6.45, 7) is 3.66. The van der Waals surface area contributed by atoms with Crippen LogP contribution in [-0.2, 0) is 0 Å². The lowest BCUT2D eigenvalue weighted by molar-refractivity contribution is 0.0687. The minimum absolute atomic E-state index is 0.0618. The van der Waals surface area contributed by atoms with E-state index in [0.717, 1.165) is 47.4 Å². The number of hydrogen-bond donors (Lipinski definition) is 5. The monoisotopic (exact) mass is 727 g/mol. The predicted octanol–water partition coefficient (Wildman–Crippen LogP) is 9.17. The molecule has 0 atom stereocenters. The van der Waals surface area contributed by atoms with Crippen LogP contribution in [0.1, 0.15) is 55.0 Å². The summed E-state index contributed by atoms with van der Waals surface area (Å²) in [5.41, 5.74) is 6.99. The van der Waals surface area contributed by atoms with Gasteiger partial charge in [-0.25, -0.2) is 18.4 Å². The summed E-state index contributed by atoms with van der Waals surface area (Å²) in [5, 5.41) is 27.8. The van der Waals surface area contributed by atoms with Crippen molar-refractivity contribution >= 4 is 40.6 Å². The summed E-state index contributed by atoms with van der Waals surface area (Å²) in [6, 6.07) is 28.1. The molecule has 4 aromatic carbocycles. The smallest absolute Gasteiger partial charge is 0.337 e.